The van der Waals surface area contributed by atoms with E-state index in [2.05, 4.69) is 5.32 Å². The predicted molar refractivity (Wildman–Crippen MR) is 81.7 cm³/mol. The number of allylic oxidation sites excluding steroid dienone is 3. The van der Waals surface area contributed by atoms with E-state index in [0.717, 1.165) is 18.5 Å². The number of ether oxygens (including phenoxy) is 2. The first kappa shape index (κ1) is 18.2. The van der Waals surface area contributed by atoms with Gasteiger partial charge in [-0.05, 0) is 44.3 Å². The number of hydrogen-bond donors (Lipinski definition) is 2. The lowest BCUT2D eigenvalue weighted by Gasteiger charge is -2.17. The number of carbonyl (C=O) groups excluding carboxylic acids is 1. The van der Waals surface area contributed by atoms with Gasteiger partial charge in [-0.3, -0.25) is 0 Å². The topological polar surface area (TPSA) is 91.6 Å². The Morgan fingerprint density at radius 3 is 2.95 bits per heavy atom. The highest BCUT2D eigenvalue weighted by molar-refractivity contribution is 5.94. The number of nitrogens with zero attached hydrogens (tertiary/aromatic N) is 1. The molecule has 0 spiro atoms. The van der Waals surface area contributed by atoms with Gasteiger partial charge in [0.05, 0.1) is 6.61 Å². The van der Waals surface area contributed by atoms with Crippen molar-refractivity contribution >= 4 is 5.97 Å². The summed E-state index contributed by atoms with van der Waals surface area (Å²) >= 11 is 0. The third kappa shape index (κ3) is 6.29. The maximum atomic E-state index is 12.0. The Morgan fingerprint density at radius 1 is 1.45 bits per heavy atom. The van der Waals surface area contributed by atoms with Gasteiger partial charge in [0.2, 0.25) is 0 Å². The molecule has 0 heterocycles. The first-order chi connectivity index (χ1) is 10.7. The van der Waals surface area contributed by atoms with Crippen LogP contribution >= 0.6 is 0 Å². The molecule has 1 aliphatic rings. The summed E-state index contributed by atoms with van der Waals surface area (Å²) in [6.07, 6.45) is 4.97. The lowest BCUT2D eigenvalue weighted by Crippen LogP contribution is -2.19. The Labute approximate surface area is 131 Å². The van der Waals surface area contributed by atoms with Crippen molar-refractivity contribution in [1.82, 2.24) is 5.32 Å². The minimum absolute atomic E-state index is 0.0673. The molecule has 122 valence electrons. The number of nitriles is 1. The molecule has 0 aromatic rings. The zero-order valence-electron chi connectivity index (χ0n) is 13.1. The molecule has 0 saturated heterocycles. The summed E-state index contributed by atoms with van der Waals surface area (Å²) in [7, 11) is 0. The standard InChI is InChI=1S/C16H24N2O4/c1-2-21-9-10-22-16(20)15(12-17)13-5-3-6-14(11-13)18-7-4-8-19/h11,18-19H,2-10H2,1H3/b15-13-. The van der Waals surface area contributed by atoms with Crippen molar-refractivity contribution in [2.45, 2.75) is 32.6 Å². The van der Waals surface area contributed by atoms with Crippen molar-refractivity contribution < 1.29 is 19.4 Å². The Kier molecular flexibility index (Phi) is 8.96. The fraction of sp³-hybridized carbons (Fsp3) is 0.625. The van der Waals surface area contributed by atoms with E-state index in [9.17, 15) is 10.1 Å². The SMILES string of the molecule is CCOCCOC(=O)/C(C#N)=C1\C=C(NCCCO)CCC1. The van der Waals surface area contributed by atoms with Gasteiger partial charge in [-0.2, -0.15) is 5.26 Å². The van der Waals surface area contributed by atoms with Crippen LogP contribution in [0, 0.1) is 11.3 Å². The molecule has 0 unspecified atom stereocenters. The Hall–Kier alpha value is -1.84. The summed E-state index contributed by atoms with van der Waals surface area (Å²) < 4.78 is 10.2. The van der Waals surface area contributed by atoms with Crippen LogP contribution < -0.4 is 5.32 Å². The molecule has 0 amide bonds. The van der Waals surface area contributed by atoms with Crippen LogP contribution in [-0.4, -0.2) is 44.0 Å². The second-order valence-electron chi connectivity index (χ2n) is 4.87. The molecule has 0 aromatic heterocycles. The first-order valence-corrected chi connectivity index (χ1v) is 7.66. The van der Waals surface area contributed by atoms with Gasteiger partial charge in [0.1, 0.15) is 18.2 Å². The minimum atomic E-state index is -0.593. The number of esters is 1. The van der Waals surface area contributed by atoms with Crippen molar-refractivity contribution in [3.8, 4) is 6.07 Å². The van der Waals surface area contributed by atoms with Gasteiger partial charge in [0, 0.05) is 25.5 Å². The Morgan fingerprint density at radius 2 is 2.27 bits per heavy atom. The van der Waals surface area contributed by atoms with Gasteiger partial charge in [0.25, 0.3) is 0 Å². The lowest BCUT2D eigenvalue weighted by molar-refractivity contribution is -0.140. The first-order valence-electron chi connectivity index (χ1n) is 7.66. The molecule has 0 fully saturated rings. The highest BCUT2D eigenvalue weighted by Crippen LogP contribution is 2.24. The van der Waals surface area contributed by atoms with Gasteiger partial charge in [-0.25, -0.2) is 4.79 Å². The summed E-state index contributed by atoms with van der Waals surface area (Å²) in [4.78, 5) is 12.0. The van der Waals surface area contributed by atoms with Gasteiger partial charge < -0.3 is 19.9 Å². The van der Waals surface area contributed by atoms with Crippen molar-refractivity contribution in [2.75, 3.05) is 33.0 Å². The maximum absolute atomic E-state index is 12.0. The number of rotatable bonds is 9. The molecule has 0 bridgehead atoms. The molecular weight excluding hydrogens is 284 g/mol. The molecule has 0 saturated carbocycles. The molecule has 6 nitrogen and oxygen atoms in total. The lowest BCUT2D eigenvalue weighted by atomic mass is 9.95. The highest BCUT2D eigenvalue weighted by atomic mass is 16.6. The van der Waals surface area contributed by atoms with Crippen LogP contribution in [0.25, 0.3) is 0 Å². The Balaban J connectivity index is 2.68. The summed E-state index contributed by atoms with van der Waals surface area (Å²) in [6, 6.07) is 1.95. The second-order valence-corrected chi connectivity index (χ2v) is 4.87. The van der Waals surface area contributed by atoms with Gasteiger partial charge in [-0.1, -0.05) is 0 Å². The minimum Gasteiger partial charge on any atom is -0.459 e. The summed E-state index contributed by atoms with van der Waals surface area (Å²) in [5, 5.41) is 21.2. The zero-order valence-corrected chi connectivity index (χ0v) is 13.1. The van der Waals surface area contributed by atoms with E-state index >= 15 is 0 Å². The maximum Gasteiger partial charge on any atom is 0.349 e. The summed E-state index contributed by atoms with van der Waals surface area (Å²) in [6.45, 7) is 3.73. The number of aliphatic hydroxyl groups is 1. The third-order valence-corrected chi connectivity index (χ3v) is 3.23. The third-order valence-electron chi connectivity index (χ3n) is 3.23. The summed E-state index contributed by atoms with van der Waals surface area (Å²) in [5.74, 6) is -0.593. The molecule has 1 rings (SSSR count). The Bertz CT molecular complexity index is 463. The largest absolute Gasteiger partial charge is 0.459 e. The van der Waals surface area contributed by atoms with Crippen LogP contribution in [-0.2, 0) is 14.3 Å². The fourth-order valence-electron chi connectivity index (χ4n) is 2.15. The van der Waals surface area contributed by atoms with Crippen molar-refractivity contribution in [2.24, 2.45) is 0 Å². The predicted octanol–water partition coefficient (Wildman–Crippen LogP) is 1.43. The average Bonchev–Trinajstić information content (AvgIpc) is 2.53. The van der Waals surface area contributed by atoms with E-state index in [0.29, 0.717) is 38.2 Å². The monoisotopic (exact) mass is 308 g/mol. The van der Waals surface area contributed by atoms with Gasteiger partial charge in [-0.15, -0.1) is 0 Å². The molecule has 6 heteroatoms. The van der Waals surface area contributed by atoms with E-state index < -0.39 is 5.97 Å². The van der Waals surface area contributed by atoms with Crippen LogP contribution in [0.5, 0.6) is 0 Å². The van der Waals surface area contributed by atoms with E-state index in [-0.39, 0.29) is 18.8 Å². The molecule has 0 aliphatic heterocycles. The van der Waals surface area contributed by atoms with E-state index in [4.69, 9.17) is 14.6 Å². The van der Waals surface area contributed by atoms with E-state index in [1.54, 1.807) is 0 Å². The fourth-order valence-corrected chi connectivity index (χ4v) is 2.15. The molecule has 0 aromatic carbocycles. The number of hydrogen-bond acceptors (Lipinski definition) is 6. The van der Waals surface area contributed by atoms with Crippen molar-refractivity contribution in [3.05, 3.63) is 22.9 Å². The molecule has 22 heavy (non-hydrogen) atoms. The average molecular weight is 308 g/mol. The number of nitrogens with one attached hydrogen (secondary N) is 1. The van der Waals surface area contributed by atoms with Gasteiger partial charge >= 0.3 is 5.97 Å². The highest BCUT2D eigenvalue weighted by Gasteiger charge is 2.18. The molecule has 2 N–H and O–H groups in total. The normalized spacial score (nSPS) is 16.5. The quantitative estimate of drug-likeness (QED) is 0.290. The summed E-state index contributed by atoms with van der Waals surface area (Å²) in [5.41, 5.74) is 1.77. The van der Waals surface area contributed by atoms with Crippen LogP contribution in [0.2, 0.25) is 0 Å². The van der Waals surface area contributed by atoms with Crippen LogP contribution in [0.15, 0.2) is 22.9 Å². The number of aliphatic hydroxyl groups excluding tert-OH is 1. The molecule has 0 atom stereocenters. The second kappa shape index (κ2) is 10.8. The molecular formula is C16H24N2O4. The smallest absolute Gasteiger partial charge is 0.349 e. The van der Waals surface area contributed by atoms with Crippen LogP contribution in [0.1, 0.15) is 32.6 Å². The van der Waals surface area contributed by atoms with Gasteiger partial charge in [0.15, 0.2) is 0 Å². The van der Waals surface area contributed by atoms with E-state index in [1.807, 2.05) is 19.1 Å². The van der Waals surface area contributed by atoms with E-state index in [1.165, 1.54) is 0 Å². The van der Waals surface area contributed by atoms with Crippen molar-refractivity contribution in [1.29, 1.82) is 5.26 Å². The number of carbonyl (C=O) groups is 1. The zero-order chi connectivity index (χ0) is 16.2. The van der Waals surface area contributed by atoms with Crippen LogP contribution in [0.4, 0.5) is 0 Å². The van der Waals surface area contributed by atoms with Crippen LogP contribution in [0.3, 0.4) is 0 Å². The van der Waals surface area contributed by atoms with Crippen molar-refractivity contribution in [3.63, 3.8) is 0 Å². The molecule has 1 aliphatic carbocycles. The molecule has 0 radical (unpaired) electrons.